The van der Waals surface area contributed by atoms with Gasteiger partial charge in [0.15, 0.2) is 0 Å². The molecule has 1 saturated heterocycles. The molecule has 0 saturated carbocycles. The smallest absolute Gasteiger partial charge is 0.249 e. The summed E-state index contributed by atoms with van der Waals surface area (Å²) in [4.78, 5) is 11.5. The zero-order valence-electron chi connectivity index (χ0n) is 8.61. The Labute approximate surface area is 88.5 Å². The molecule has 86 valence electrons. The molecule has 0 aromatic rings. The first kappa shape index (κ1) is 11.8. The van der Waals surface area contributed by atoms with Gasteiger partial charge in [0.1, 0.15) is 11.9 Å². The molecule has 15 heavy (non-hydrogen) atoms. The maximum atomic E-state index is 11.5. The van der Waals surface area contributed by atoms with E-state index in [4.69, 9.17) is 15.7 Å². The second-order valence-electron chi connectivity index (χ2n) is 3.49. The fraction of sp³-hybridized carbons (Fsp3) is 0.778. The maximum absolute atomic E-state index is 11.5. The van der Waals surface area contributed by atoms with Gasteiger partial charge in [-0.3, -0.25) is 4.79 Å². The number of nitrogens with one attached hydrogen (secondary N) is 1. The number of nitrogens with zero attached hydrogens (tertiary/aromatic N) is 1. The minimum atomic E-state index is -0.328. The molecule has 4 N–H and O–H groups in total. The zero-order valence-corrected chi connectivity index (χ0v) is 8.61. The zero-order chi connectivity index (χ0) is 11.1. The second-order valence-corrected chi connectivity index (χ2v) is 3.49. The van der Waals surface area contributed by atoms with E-state index < -0.39 is 0 Å². The molecule has 1 atom stereocenters. The Hall–Kier alpha value is -1.30. The minimum absolute atomic E-state index is 0.111. The topological polar surface area (TPSA) is 96.9 Å². The van der Waals surface area contributed by atoms with E-state index in [2.05, 4.69) is 10.5 Å². The first-order valence-corrected chi connectivity index (χ1v) is 5.09. The van der Waals surface area contributed by atoms with Crippen LogP contribution in [0.4, 0.5) is 0 Å². The number of carbonyl (C=O) groups excluding carboxylic acids is 1. The van der Waals surface area contributed by atoms with Crippen LogP contribution < -0.4 is 11.1 Å². The normalized spacial score (nSPS) is 22.4. The molecule has 0 aliphatic carbocycles. The van der Waals surface area contributed by atoms with Crippen LogP contribution in [-0.2, 0) is 9.53 Å². The molecule has 1 fully saturated rings. The number of hydrogen-bond acceptors (Lipinski definition) is 4. The van der Waals surface area contributed by atoms with Crippen LogP contribution in [0.3, 0.4) is 0 Å². The largest absolute Gasteiger partial charge is 0.409 e. The van der Waals surface area contributed by atoms with Crippen molar-refractivity contribution in [2.45, 2.75) is 31.8 Å². The average molecular weight is 215 g/mol. The monoisotopic (exact) mass is 215 g/mol. The Kier molecular flexibility index (Phi) is 4.89. The van der Waals surface area contributed by atoms with Crippen LogP contribution in [0.1, 0.15) is 25.7 Å². The number of nitrogens with two attached hydrogens (primary N) is 1. The fourth-order valence-electron chi connectivity index (χ4n) is 1.43. The van der Waals surface area contributed by atoms with Crippen molar-refractivity contribution in [3.63, 3.8) is 0 Å². The summed E-state index contributed by atoms with van der Waals surface area (Å²) in [6, 6.07) is 0. The SMILES string of the molecule is NC(CCNC(=O)C1CCCCO1)=NO. The lowest BCUT2D eigenvalue weighted by molar-refractivity contribution is -0.135. The molecule has 0 bridgehead atoms. The van der Waals surface area contributed by atoms with Crippen LogP contribution in [0.2, 0.25) is 0 Å². The third kappa shape index (κ3) is 4.16. The van der Waals surface area contributed by atoms with E-state index in [-0.39, 0.29) is 17.8 Å². The van der Waals surface area contributed by atoms with Gasteiger partial charge in [0.05, 0.1) is 0 Å². The molecule has 1 rings (SSSR count). The summed E-state index contributed by atoms with van der Waals surface area (Å²) in [5, 5.41) is 13.8. The van der Waals surface area contributed by atoms with Crippen molar-refractivity contribution in [3.8, 4) is 0 Å². The lowest BCUT2D eigenvalue weighted by atomic mass is 10.1. The van der Waals surface area contributed by atoms with Crippen LogP contribution in [0, 0.1) is 0 Å². The molecule has 1 heterocycles. The van der Waals surface area contributed by atoms with Gasteiger partial charge in [-0.25, -0.2) is 0 Å². The average Bonchev–Trinajstić information content (AvgIpc) is 2.29. The van der Waals surface area contributed by atoms with E-state index in [1.54, 1.807) is 0 Å². The van der Waals surface area contributed by atoms with Gasteiger partial charge in [0.2, 0.25) is 5.91 Å². The lowest BCUT2D eigenvalue weighted by Gasteiger charge is -2.21. The summed E-state index contributed by atoms with van der Waals surface area (Å²) in [6.45, 7) is 1.02. The summed E-state index contributed by atoms with van der Waals surface area (Å²) in [6.07, 6.45) is 2.84. The number of amides is 1. The quantitative estimate of drug-likeness (QED) is 0.262. The van der Waals surface area contributed by atoms with Gasteiger partial charge in [0.25, 0.3) is 0 Å². The van der Waals surface area contributed by atoms with Crippen LogP contribution in [0.25, 0.3) is 0 Å². The Morgan fingerprint density at radius 3 is 3.00 bits per heavy atom. The molecule has 6 heteroatoms. The van der Waals surface area contributed by atoms with Gasteiger partial charge < -0.3 is 21.0 Å². The predicted octanol–water partition coefficient (Wildman–Crippen LogP) is -0.192. The van der Waals surface area contributed by atoms with E-state index >= 15 is 0 Å². The molecule has 0 aromatic carbocycles. The molecular weight excluding hydrogens is 198 g/mol. The summed E-state index contributed by atoms with van der Waals surface area (Å²) in [7, 11) is 0. The van der Waals surface area contributed by atoms with Crippen molar-refractivity contribution in [3.05, 3.63) is 0 Å². The maximum Gasteiger partial charge on any atom is 0.249 e. The van der Waals surface area contributed by atoms with Gasteiger partial charge in [-0.05, 0) is 19.3 Å². The van der Waals surface area contributed by atoms with Gasteiger partial charge in [-0.1, -0.05) is 5.16 Å². The Balaban J connectivity index is 2.17. The number of carbonyl (C=O) groups is 1. The van der Waals surface area contributed by atoms with Crippen molar-refractivity contribution in [2.75, 3.05) is 13.2 Å². The minimum Gasteiger partial charge on any atom is -0.409 e. The Morgan fingerprint density at radius 1 is 1.60 bits per heavy atom. The molecule has 1 aliphatic heterocycles. The molecule has 0 aromatic heterocycles. The molecule has 0 spiro atoms. The van der Waals surface area contributed by atoms with Gasteiger partial charge >= 0.3 is 0 Å². The summed E-state index contributed by atoms with van der Waals surface area (Å²) >= 11 is 0. The van der Waals surface area contributed by atoms with Gasteiger partial charge in [0, 0.05) is 19.6 Å². The molecule has 1 unspecified atom stereocenters. The van der Waals surface area contributed by atoms with Crippen molar-refractivity contribution < 1.29 is 14.7 Å². The number of hydrogen-bond donors (Lipinski definition) is 3. The number of amidine groups is 1. The summed E-state index contributed by atoms with van der Waals surface area (Å²) < 4.78 is 5.30. The first-order chi connectivity index (χ1) is 7.24. The summed E-state index contributed by atoms with van der Waals surface area (Å²) in [5.41, 5.74) is 5.26. The van der Waals surface area contributed by atoms with Crippen LogP contribution in [0.15, 0.2) is 5.16 Å². The van der Waals surface area contributed by atoms with E-state index in [0.717, 1.165) is 19.3 Å². The van der Waals surface area contributed by atoms with E-state index in [9.17, 15) is 4.79 Å². The van der Waals surface area contributed by atoms with E-state index in [1.165, 1.54) is 0 Å². The second kappa shape index (κ2) is 6.23. The highest BCUT2D eigenvalue weighted by molar-refractivity contribution is 5.83. The van der Waals surface area contributed by atoms with Gasteiger partial charge in [-0.2, -0.15) is 0 Å². The number of ether oxygens (including phenoxy) is 1. The third-order valence-electron chi connectivity index (χ3n) is 2.28. The predicted molar refractivity (Wildman–Crippen MR) is 54.6 cm³/mol. The van der Waals surface area contributed by atoms with Crippen molar-refractivity contribution in [1.29, 1.82) is 0 Å². The standard InChI is InChI=1S/C9H17N3O3/c10-8(12-14)4-5-11-9(13)7-3-1-2-6-15-7/h7,14H,1-6H2,(H2,10,12)(H,11,13). The Bertz CT molecular complexity index is 237. The number of rotatable bonds is 4. The van der Waals surface area contributed by atoms with Crippen molar-refractivity contribution in [1.82, 2.24) is 5.32 Å². The highest BCUT2D eigenvalue weighted by Crippen LogP contribution is 2.12. The number of oxime groups is 1. The fourth-order valence-corrected chi connectivity index (χ4v) is 1.43. The third-order valence-corrected chi connectivity index (χ3v) is 2.28. The first-order valence-electron chi connectivity index (χ1n) is 5.09. The van der Waals surface area contributed by atoms with Crippen LogP contribution in [0.5, 0.6) is 0 Å². The van der Waals surface area contributed by atoms with Crippen molar-refractivity contribution >= 4 is 11.7 Å². The lowest BCUT2D eigenvalue weighted by Crippen LogP contribution is -2.39. The highest BCUT2D eigenvalue weighted by atomic mass is 16.5. The van der Waals surface area contributed by atoms with Crippen molar-refractivity contribution in [2.24, 2.45) is 10.9 Å². The summed E-state index contributed by atoms with van der Waals surface area (Å²) in [5.74, 6) is 0.000280. The molecule has 6 nitrogen and oxygen atoms in total. The molecule has 1 aliphatic rings. The van der Waals surface area contributed by atoms with Gasteiger partial charge in [-0.15, -0.1) is 0 Å². The molecular formula is C9H17N3O3. The van der Waals surface area contributed by atoms with E-state index in [0.29, 0.717) is 19.6 Å². The van der Waals surface area contributed by atoms with Crippen LogP contribution >= 0.6 is 0 Å². The van der Waals surface area contributed by atoms with Crippen LogP contribution in [-0.4, -0.2) is 36.2 Å². The molecule has 0 radical (unpaired) electrons. The Morgan fingerprint density at radius 2 is 2.40 bits per heavy atom. The molecule has 1 amide bonds. The highest BCUT2D eigenvalue weighted by Gasteiger charge is 2.21. The van der Waals surface area contributed by atoms with E-state index in [1.807, 2.05) is 0 Å².